The lowest BCUT2D eigenvalue weighted by molar-refractivity contribution is 0.0688. The van der Waals surface area contributed by atoms with Crippen molar-refractivity contribution in [1.29, 1.82) is 0 Å². The van der Waals surface area contributed by atoms with Crippen LogP contribution in [0.4, 0.5) is 0 Å². The van der Waals surface area contributed by atoms with Gasteiger partial charge in [0, 0.05) is 31.7 Å². The molecule has 1 fully saturated rings. The third-order valence-corrected chi connectivity index (χ3v) is 7.82. The highest BCUT2D eigenvalue weighted by atomic mass is 32.2. The number of para-hydroxylation sites is 1. The molecule has 1 aromatic heterocycles. The number of hydrogen-bond acceptors (Lipinski definition) is 4. The zero-order valence-electron chi connectivity index (χ0n) is 18.5. The molecule has 1 aliphatic rings. The molecule has 0 saturated carbocycles. The van der Waals surface area contributed by atoms with Gasteiger partial charge in [0.1, 0.15) is 5.69 Å². The summed E-state index contributed by atoms with van der Waals surface area (Å²) in [5, 5.41) is 4.72. The van der Waals surface area contributed by atoms with E-state index in [1.165, 1.54) is 4.31 Å². The quantitative estimate of drug-likeness (QED) is 0.444. The molecule has 1 saturated heterocycles. The fraction of sp³-hybridized carbons (Fsp3) is 0.154. The first-order valence-electron chi connectivity index (χ1n) is 11.1. The molecule has 34 heavy (non-hydrogen) atoms. The van der Waals surface area contributed by atoms with E-state index in [1.54, 1.807) is 46.0 Å². The van der Waals surface area contributed by atoms with E-state index < -0.39 is 10.0 Å². The smallest absolute Gasteiger partial charge is 0.272 e. The van der Waals surface area contributed by atoms with Gasteiger partial charge in [-0.15, -0.1) is 0 Å². The summed E-state index contributed by atoms with van der Waals surface area (Å²) in [6.45, 7) is 1.11. The fourth-order valence-electron chi connectivity index (χ4n) is 4.08. The fourth-order valence-corrected chi connectivity index (χ4v) is 5.53. The first-order valence-corrected chi connectivity index (χ1v) is 12.5. The van der Waals surface area contributed by atoms with Crippen LogP contribution < -0.4 is 0 Å². The normalized spacial score (nSPS) is 14.8. The molecule has 1 aliphatic heterocycles. The number of rotatable bonds is 5. The summed E-state index contributed by atoms with van der Waals surface area (Å²) in [6, 6.07) is 29.5. The average Bonchev–Trinajstić information content (AvgIpc) is 3.35. The number of benzene rings is 3. The maximum atomic E-state index is 13.6. The van der Waals surface area contributed by atoms with Gasteiger partial charge in [-0.3, -0.25) is 4.79 Å². The van der Waals surface area contributed by atoms with Crippen molar-refractivity contribution in [1.82, 2.24) is 19.0 Å². The monoisotopic (exact) mass is 472 g/mol. The van der Waals surface area contributed by atoms with E-state index in [9.17, 15) is 13.2 Å². The molecule has 3 aromatic carbocycles. The molecule has 0 spiro atoms. The Morgan fingerprint density at radius 2 is 1.29 bits per heavy atom. The topological polar surface area (TPSA) is 75.5 Å². The Hall–Kier alpha value is -3.75. The Kier molecular flexibility index (Phi) is 6.00. The molecule has 5 rings (SSSR count). The van der Waals surface area contributed by atoms with Crippen LogP contribution in [0.25, 0.3) is 16.9 Å². The van der Waals surface area contributed by atoms with Crippen LogP contribution in [0.15, 0.2) is 102 Å². The Morgan fingerprint density at radius 3 is 1.91 bits per heavy atom. The van der Waals surface area contributed by atoms with Crippen LogP contribution >= 0.6 is 0 Å². The first-order chi connectivity index (χ1) is 16.5. The number of nitrogens with zero attached hydrogens (tertiary/aromatic N) is 4. The van der Waals surface area contributed by atoms with Gasteiger partial charge in [-0.25, -0.2) is 13.1 Å². The second kappa shape index (κ2) is 9.24. The molecule has 1 amide bonds. The van der Waals surface area contributed by atoms with Crippen molar-refractivity contribution < 1.29 is 13.2 Å². The number of piperazine rings is 1. The molecule has 0 bridgehead atoms. The zero-order valence-corrected chi connectivity index (χ0v) is 19.3. The Balaban J connectivity index is 1.40. The minimum atomic E-state index is -3.58. The standard InChI is InChI=1S/C26H24N4O3S/c31-26(28-16-18-29(19-17-28)34(32,33)23-14-8-3-9-15-23)25-20-24(21-10-4-1-5-11-21)27-30(25)22-12-6-2-7-13-22/h1-15,20H,16-19H2. The second-order valence-electron chi connectivity index (χ2n) is 8.04. The van der Waals surface area contributed by atoms with E-state index in [-0.39, 0.29) is 23.9 Å². The van der Waals surface area contributed by atoms with Crippen LogP contribution in [0.1, 0.15) is 10.5 Å². The number of carbonyl (C=O) groups is 1. The number of carbonyl (C=O) groups excluding carboxylic acids is 1. The highest BCUT2D eigenvalue weighted by Crippen LogP contribution is 2.24. The predicted octanol–water partition coefficient (Wildman–Crippen LogP) is 3.69. The second-order valence-corrected chi connectivity index (χ2v) is 9.98. The van der Waals surface area contributed by atoms with Gasteiger partial charge in [-0.1, -0.05) is 66.7 Å². The van der Waals surface area contributed by atoms with Crippen molar-refractivity contribution in [2.75, 3.05) is 26.2 Å². The van der Waals surface area contributed by atoms with Crippen molar-refractivity contribution in [2.24, 2.45) is 0 Å². The van der Waals surface area contributed by atoms with Gasteiger partial charge in [0.25, 0.3) is 5.91 Å². The summed E-state index contributed by atoms with van der Waals surface area (Å²) in [5.74, 6) is -0.171. The van der Waals surface area contributed by atoms with E-state index in [4.69, 9.17) is 5.10 Å². The molecule has 0 aliphatic carbocycles. The minimum Gasteiger partial charge on any atom is -0.335 e. The summed E-state index contributed by atoms with van der Waals surface area (Å²) >= 11 is 0. The predicted molar refractivity (Wildman–Crippen MR) is 130 cm³/mol. The van der Waals surface area contributed by atoms with Gasteiger partial charge in [0.15, 0.2) is 0 Å². The van der Waals surface area contributed by atoms with Crippen molar-refractivity contribution in [3.8, 4) is 16.9 Å². The summed E-state index contributed by atoms with van der Waals surface area (Å²) in [4.78, 5) is 15.5. The molecule has 7 nitrogen and oxygen atoms in total. The van der Waals surface area contributed by atoms with Crippen LogP contribution in [0, 0.1) is 0 Å². The van der Waals surface area contributed by atoms with Gasteiger partial charge < -0.3 is 4.90 Å². The van der Waals surface area contributed by atoms with Crippen molar-refractivity contribution in [2.45, 2.75) is 4.90 Å². The lowest BCUT2D eigenvalue weighted by Crippen LogP contribution is -2.50. The lowest BCUT2D eigenvalue weighted by Gasteiger charge is -2.34. The minimum absolute atomic E-state index is 0.171. The van der Waals surface area contributed by atoms with E-state index in [2.05, 4.69) is 0 Å². The summed E-state index contributed by atoms with van der Waals surface area (Å²) in [6.07, 6.45) is 0. The van der Waals surface area contributed by atoms with Crippen molar-refractivity contribution in [3.63, 3.8) is 0 Å². The highest BCUT2D eigenvalue weighted by molar-refractivity contribution is 7.89. The van der Waals surface area contributed by atoms with Gasteiger partial charge in [-0.05, 0) is 30.3 Å². The number of hydrogen-bond donors (Lipinski definition) is 0. The van der Waals surface area contributed by atoms with Gasteiger partial charge >= 0.3 is 0 Å². The third kappa shape index (κ3) is 4.25. The molecule has 8 heteroatoms. The Labute approximate surface area is 198 Å². The van der Waals surface area contributed by atoms with Gasteiger partial charge in [0.05, 0.1) is 16.3 Å². The first kappa shape index (κ1) is 22.1. The van der Waals surface area contributed by atoms with Crippen molar-refractivity contribution >= 4 is 15.9 Å². The number of aromatic nitrogens is 2. The van der Waals surface area contributed by atoms with Gasteiger partial charge in [0.2, 0.25) is 10.0 Å². The SMILES string of the molecule is O=C(c1cc(-c2ccccc2)nn1-c1ccccc1)N1CCN(S(=O)(=O)c2ccccc2)CC1. The highest BCUT2D eigenvalue weighted by Gasteiger charge is 2.31. The van der Waals surface area contributed by atoms with Crippen LogP contribution in [0.5, 0.6) is 0 Å². The Bertz CT molecular complexity index is 1380. The number of amides is 1. The van der Waals surface area contributed by atoms with Crippen LogP contribution in [0.3, 0.4) is 0 Å². The molecule has 0 atom stereocenters. The number of sulfonamides is 1. The molecule has 0 radical (unpaired) electrons. The molecule has 4 aromatic rings. The zero-order chi connectivity index (χ0) is 23.5. The molecule has 0 N–H and O–H groups in total. The van der Waals surface area contributed by atoms with Crippen LogP contribution in [-0.4, -0.2) is 59.5 Å². The summed E-state index contributed by atoms with van der Waals surface area (Å²) in [5.41, 5.74) is 2.87. The maximum Gasteiger partial charge on any atom is 0.272 e. The van der Waals surface area contributed by atoms with Crippen molar-refractivity contribution in [3.05, 3.63) is 103 Å². The van der Waals surface area contributed by atoms with E-state index in [1.807, 2.05) is 60.7 Å². The maximum absolute atomic E-state index is 13.6. The Morgan fingerprint density at radius 1 is 0.735 bits per heavy atom. The van der Waals surface area contributed by atoms with Crippen LogP contribution in [-0.2, 0) is 10.0 Å². The largest absolute Gasteiger partial charge is 0.335 e. The molecular formula is C26H24N4O3S. The summed E-state index contributed by atoms with van der Waals surface area (Å²) in [7, 11) is -3.58. The molecule has 172 valence electrons. The molecule has 2 heterocycles. The van der Waals surface area contributed by atoms with E-state index in [0.29, 0.717) is 24.5 Å². The summed E-state index contributed by atoms with van der Waals surface area (Å²) < 4.78 is 29.0. The van der Waals surface area contributed by atoms with E-state index >= 15 is 0 Å². The average molecular weight is 473 g/mol. The lowest BCUT2D eigenvalue weighted by atomic mass is 10.1. The molecular weight excluding hydrogens is 448 g/mol. The van der Waals surface area contributed by atoms with E-state index in [0.717, 1.165) is 11.3 Å². The van der Waals surface area contributed by atoms with Crippen LogP contribution in [0.2, 0.25) is 0 Å². The molecule has 0 unspecified atom stereocenters. The third-order valence-electron chi connectivity index (χ3n) is 5.91. The van der Waals surface area contributed by atoms with Gasteiger partial charge in [-0.2, -0.15) is 9.40 Å².